The van der Waals surface area contributed by atoms with E-state index in [1.54, 1.807) is 6.92 Å². The van der Waals surface area contributed by atoms with Crippen molar-refractivity contribution in [2.45, 2.75) is 20.5 Å². The molecule has 1 aromatic heterocycles. The summed E-state index contributed by atoms with van der Waals surface area (Å²) >= 11 is 1.21. The first-order valence-corrected chi connectivity index (χ1v) is 9.87. The zero-order valence-electron chi connectivity index (χ0n) is 17.1. The van der Waals surface area contributed by atoms with Gasteiger partial charge < -0.3 is 18.9 Å². The zero-order valence-corrected chi connectivity index (χ0v) is 17.9. The number of hydrogen-bond donors (Lipinski definition) is 0. The predicted octanol–water partition coefficient (Wildman–Crippen LogP) is 4.35. The van der Waals surface area contributed by atoms with Gasteiger partial charge in [-0.2, -0.15) is 0 Å². The summed E-state index contributed by atoms with van der Waals surface area (Å²) in [5.41, 5.74) is 1.99. The van der Waals surface area contributed by atoms with Gasteiger partial charge in [-0.3, -0.25) is 0 Å². The summed E-state index contributed by atoms with van der Waals surface area (Å²) in [4.78, 5) is 29.1. The number of nitrogens with zero attached hydrogens (tertiary/aromatic N) is 1. The van der Waals surface area contributed by atoms with Crippen LogP contribution in [0.15, 0.2) is 42.5 Å². The Hall–Kier alpha value is -3.39. The van der Waals surface area contributed by atoms with Crippen LogP contribution in [0.4, 0.5) is 0 Å². The first-order valence-electron chi connectivity index (χ1n) is 9.05. The molecule has 0 aliphatic rings. The molecule has 0 amide bonds. The Kier molecular flexibility index (Phi) is 6.68. The molecular formula is C22H21NO6S. The second-order valence-electron chi connectivity index (χ2n) is 6.37. The van der Waals surface area contributed by atoms with Crippen molar-refractivity contribution in [1.82, 2.24) is 4.98 Å². The second-order valence-corrected chi connectivity index (χ2v) is 7.45. The molecule has 2 aromatic carbocycles. The van der Waals surface area contributed by atoms with Crippen molar-refractivity contribution in [3.05, 3.63) is 69.2 Å². The molecule has 0 aliphatic heterocycles. The third-order valence-electron chi connectivity index (χ3n) is 4.20. The van der Waals surface area contributed by atoms with E-state index in [-0.39, 0.29) is 18.1 Å². The van der Waals surface area contributed by atoms with E-state index in [0.29, 0.717) is 21.1 Å². The number of aryl methyl sites for hydroxylation is 2. The van der Waals surface area contributed by atoms with Gasteiger partial charge in [0.05, 0.1) is 25.5 Å². The predicted molar refractivity (Wildman–Crippen MR) is 112 cm³/mol. The maximum atomic E-state index is 12.7. The number of methoxy groups -OCH3 is 2. The molecule has 8 heteroatoms. The van der Waals surface area contributed by atoms with Gasteiger partial charge in [-0.1, -0.05) is 17.7 Å². The number of carbonyl (C=O) groups is 2. The third kappa shape index (κ3) is 4.96. The van der Waals surface area contributed by atoms with Crippen molar-refractivity contribution in [2.24, 2.45) is 0 Å². The highest BCUT2D eigenvalue weighted by Gasteiger charge is 2.20. The maximum absolute atomic E-state index is 12.7. The topological polar surface area (TPSA) is 84.0 Å². The molecule has 0 saturated carbocycles. The van der Waals surface area contributed by atoms with Crippen LogP contribution in [0, 0.1) is 13.8 Å². The molecule has 156 valence electrons. The van der Waals surface area contributed by atoms with E-state index in [9.17, 15) is 9.59 Å². The van der Waals surface area contributed by atoms with Crippen molar-refractivity contribution in [1.29, 1.82) is 0 Å². The lowest BCUT2D eigenvalue weighted by atomic mass is 10.2. The molecule has 0 unspecified atom stereocenters. The monoisotopic (exact) mass is 427 g/mol. The number of carbonyl (C=O) groups excluding carboxylic acids is 2. The molecule has 0 atom stereocenters. The van der Waals surface area contributed by atoms with E-state index in [1.807, 2.05) is 31.2 Å². The summed E-state index contributed by atoms with van der Waals surface area (Å²) in [5.74, 6) is 0.100. The highest BCUT2D eigenvalue weighted by Crippen LogP contribution is 2.30. The van der Waals surface area contributed by atoms with Crippen LogP contribution < -0.4 is 14.2 Å². The standard InChI is InChI=1S/C22H21NO6S/c1-13-5-8-16(9-6-13)28-12-19-23-14(2)20(30-19)22(25)29-17-10-7-15(21(24)27-4)11-18(17)26-3/h5-11H,12H2,1-4H3. The van der Waals surface area contributed by atoms with Crippen LogP contribution in [-0.2, 0) is 11.3 Å². The number of ether oxygens (including phenoxy) is 4. The molecule has 1 heterocycles. The molecule has 3 aromatic rings. The Morgan fingerprint density at radius 2 is 1.70 bits per heavy atom. The molecule has 0 bridgehead atoms. The fraction of sp³-hybridized carbons (Fsp3) is 0.227. The van der Waals surface area contributed by atoms with Gasteiger partial charge >= 0.3 is 11.9 Å². The Balaban J connectivity index is 1.71. The lowest BCUT2D eigenvalue weighted by Gasteiger charge is -2.10. The van der Waals surface area contributed by atoms with Crippen LogP contribution in [-0.4, -0.2) is 31.1 Å². The van der Waals surface area contributed by atoms with Gasteiger partial charge in [0.2, 0.25) is 0 Å². The van der Waals surface area contributed by atoms with Crippen molar-refractivity contribution < 1.29 is 28.5 Å². The summed E-state index contributed by atoms with van der Waals surface area (Å²) in [6, 6.07) is 12.1. The number of thiazole rings is 1. The van der Waals surface area contributed by atoms with Gasteiger partial charge in [0.25, 0.3) is 0 Å². The lowest BCUT2D eigenvalue weighted by Crippen LogP contribution is -2.10. The number of rotatable bonds is 7. The summed E-state index contributed by atoms with van der Waals surface area (Å²) < 4.78 is 21.1. The van der Waals surface area contributed by atoms with Crippen molar-refractivity contribution in [3.8, 4) is 17.2 Å². The van der Waals surface area contributed by atoms with Gasteiger partial charge in [-0.25, -0.2) is 14.6 Å². The number of aromatic nitrogens is 1. The van der Waals surface area contributed by atoms with E-state index in [1.165, 1.54) is 43.8 Å². The molecule has 0 radical (unpaired) electrons. The fourth-order valence-corrected chi connectivity index (χ4v) is 3.48. The average molecular weight is 427 g/mol. The van der Waals surface area contributed by atoms with Crippen molar-refractivity contribution in [3.63, 3.8) is 0 Å². The first kappa shape index (κ1) is 21.3. The highest BCUT2D eigenvalue weighted by atomic mass is 32.1. The van der Waals surface area contributed by atoms with Crippen molar-refractivity contribution >= 4 is 23.3 Å². The van der Waals surface area contributed by atoms with Crippen LogP contribution in [0.25, 0.3) is 0 Å². The highest BCUT2D eigenvalue weighted by molar-refractivity contribution is 7.13. The van der Waals surface area contributed by atoms with Crippen LogP contribution in [0.5, 0.6) is 17.2 Å². The molecular weight excluding hydrogens is 406 g/mol. The van der Waals surface area contributed by atoms with Gasteiger partial charge in [-0.05, 0) is 44.2 Å². The minimum atomic E-state index is -0.560. The van der Waals surface area contributed by atoms with Gasteiger partial charge in [0, 0.05) is 0 Å². The number of hydrogen-bond acceptors (Lipinski definition) is 8. The second kappa shape index (κ2) is 9.41. The summed E-state index contributed by atoms with van der Waals surface area (Å²) in [6.45, 7) is 3.99. The lowest BCUT2D eigenvalue weighted by molar-refractivity contribution is 0.0600. The van der Waals surface area contributed by atoms with Crippen LogP contribution in [0.2, 0.25) is 0 Å². The van der Waals surface area contributed by atoms with Crippen LogP contribution >= 0.6 is 11.3 Å². The molecule has 3 rings (SSSR count). The van der Waals surface area contributed by atoms with Gasteiger partial charge in [0.15, 0.2) is 11.5 Å². The number of benzene rings is 2. The molecule has 0 aliphatic carbocycles. The smallest absolute Gasteiger partial charge is 0.355 e. The third-order valence-corrected chi connectivity index (χ3v) is 5.31. The number of esters is 2. The average Bonchev–Trinajstić information content (AvgIpc) is 3.13. The minimum Gasteiger partial charge on any atom is -0.493 e. The van der Waals surface area contributed by atoms with E-state index < -0.39 is 11.9 Å². The quantitative estimate of drug-likeness (QED) is 0.409. The van der Waals surface area contributed by atoms with E-state index >= 15 is 0 Å². The van der Waals surface area contributed by atoms with Crippen LogP contribution in [0.1, 0.15) is 36.3 Å². The van der Waals surface area contributed by atoms with Gasteiger partial charge in [0.1, 0.15) is 22.2 Å². The fourth-order valence-electron chi connectivity index (χ4n) is 2.63. The molecule has 30 heavy (non-hydrogen) atoms. The molecule has 0 fully saturated rings. The molecule has 0 N–H and O–H groups in total. The Morgan fingerprint density at radius 1 is 0.967 bits per heavy atom. The van der Waals surface area contributed by atoms with Gasteiger partial charge in [-0.15, -0.1) is 11.3 Å². The Morgan fingerprint density at radius 3 is 2.37 bits per heavy atom. The largest absolute Gasteiger partial charge is 0.493 e. The zero-order chi connectivity index (χ0) is 21.7. The van der Waals surface area contributed by atoms with E-state index in [2.05, 4.69) is 9.72 Å². The Bertz CT molecular complexity index is 1060. The van der Waals surface area contributed by atoms with E-state index in [0.717, 1.165) is 11.3 Å². The molecule has 0 spiro atoms. The molecule has 0 saturated heterocycles. The Labute approximate surface area is 178 Å². The maximum Gasteiger partial charge on any atom is 0.355 e. The van der Waals surface area contributed by atoms with Crippen LogP contribution in [0.3, 0.4) is 0 Å². The summed E-state index contributed by atoms with van der Waals surface area (Å²) in [7, 11) is 2.71. The first-order chi connectivity index (χ1) is 14.4. The molecule has 7 nitrogen and oxygen atoms in total. The summed E-state index contributed by atoms with van der Waals surface area (Å²) in [6.07, 6.45) is 0. The minimum absolute atomic E-state index is 0.195. The SMILES string of the molecule is COC(=O)c1ccc(OC(=O)c2sc(COc3ccc(C)cc3)nc2C)c(OC)c1. The summed E-state index contributed by atoms with van der Waals surface area (Å²) in [5, 5.41) is 0.660. The van der Waals surface area contributed by atoms with E-state index in [4.69, 9.17) is 14.2 Å². The normalized spacial score (nSPS) is 10.4. The van der Waals surface area contributed by atoms with Crippen molar-refractivity contribution in [2.75, 3.05) is 14.2 Å².